The van der Waals surface area contributed by atoms with E-state index in [9.17, 15) is 18.6 Å². The first-order chi connectivity index (χ1) is 9.93. The predicted molar refractivity (Wildman–Crippen MR) is 79.6 cm³/mol. The molecule has 0 bridgehead atoms. The predicted octanol–water partition coefficient (Wildman–Crippen LogP) is 2.03. The lowest BCUT2D eigenvalue weighted by atomic mass is 9.75. The van der Waals surface area contributed by atoms with Crippen molar-refractivity contribution in [2.45, 2.75) is 37.0 Å². The highest BCUT2D eigenvalue weighted by Crippen LogP contribution is 2.32. The third kappa shape index (κ3) is 3.35. The van der Waals surface area contributed by atoms with Crippen LogP contribution in [0, 0.1) is 5.92 Å². The van der Waals surface area contributed by atoms with Crippen molar-refractivity contribution in [1.29, 1.82) is 0 Å². The van der Waals surface area contributed by atoms with E-state index in [1.807, 2.05) is 12.1 Å². The number of carbonyl (C=O) groups is 3. The summed E-state index contributed by atoms with van der Waals surface area (Å²) >= 11 is 0. The molecule has 0 aromatic heterocycles. The van der Waals surface area contributed by atoms with Gasteiger partial charge >= 0.3 is 0 Å². The average Bonchev–Trinajstić information content (AvgIpc) is 2.46. The van der Waals surface area contributed by atoms with Crippen molar-refractivity contribution in [3.05, 3.63) is 29.8 Å². The monoisotopic (exact) mass is 306 g/mol. The molecule has 2 rings (SSSR count). The molecular formula is C16H18O4S. The van der Waals surface area contributed by atoms with E-state index >= 15 is 0 Å². The van der Waals surface area contributed by atoms with Crippen LogP contribution in [0.2, 0.25) is 0 Å². The van der Waals surface area contributed by atoms with Crippen molar-refractivity contribution in [3.8, 4) is 0 Å². The second kappa shape index (κ2) is 6.43. The van der Waals surface area contributed by atoms with E-state index in [0.717, 1.165) is 5.56 Å². The van der Waals surface area contributed by atoms with Crippen molar-refractivity contribution in [2.24, 2.45) is 5.92 Å². The molecular weight excluding hydrogens is 288 g/mol. The molecule has 1 aliphatic carbocycles. The van der Waals surface area contributed by atoms with Crippen molar-refractivity contribution < 1.29 is 18.6 Å². The van der Waals surface area contributed by atoms with Gasteiger partial charge in [-0.25, -0.2) is 0 Å². The van der Waals surface area contributed by atoms with Crippen molar-refractivity contribution in [2.75, 3.05) is 6.26 Å². The maximum absolute atomic E-state index is 12.1. The summed E-state index contributed by atoms with van der Waals surface area (Å²) in [4.78, 5) is 36.5. The van der Waals surface area contributed by atoms with Gasteiger partial charge in [-0.2, -0.15) is 0 Å². The number of ketones is 3. The summed E-state index contributed by atoms with van der Waals surface area (Å²) in [5.74, 6) is -2.04. The molecule has 1 aliphatic rings. The molecule has 1 aromatic carbocycles. The lowest BCUT2D eigenvalue weighted by Crippen LogP contribution is -2.37. The van der Waals surface area contributed by atoms with Crippen LogP contribution >= 0.6 is 0 Å². The Morgan fingerprint density at radius 2 is 1.67 bits per heavy atom. The van der Waals surface area contributed by atoms with Gasteiger partial charge in [-0.1, -0.05) is 19.1 Å². The Balaban J connectivity index is 2.17. The van der Waals surface area contributed by atoms with E-state index in [2.05, 4.69) is 0 Å². The summed E-state index contributed by atoms with van der Waals surface area (Å²) in [6.45, 7) is 1.67. The highest BCUT2D eigenvalue weighted by molar-refractivity contribution is 7.84. The SMILES string of the molecule is CCC(=O)C1C(=O)CC(c2ccc(S(C)=O)cc2)CC1=O. The Morgan fingerprint density at radius 3 is 2.10 bits per heavy atom. The molecule has 0 amide bonds. The summed E-state index contributed by atoms with van der Waals surface area (Å²) in [6, 6.07) is 7.13. The average molecular weight is 306 g/mol. The van der Waals surface area contributed by atoms with Crippen LogP contribution < -0.4 is 0 Å². The lowest BCUT2D eigenvalue weighted by Gasteiger charge is -2.25. The van der Waals surface area contributed by atoms with Gasteiger partial charge in [0.1, 0.15) is 5.92 Å². The molecule has 5 heteroatoms. The zero-order chi connectivity index (χ0) is 15.6. The van der Waals surface area contributed by atoms with Crippen LogP contribution in [0.1, 0.15) is 37.7 Å². The molecule has 21 heavy (non-hydrogen) atoms. The van der Waals surface area contributed by atoms with Crippen LogP contribution in [0.5, 0.6) is 0 Å². The molecule has 112 valence electrons. The Hall–Kier alpha value is -1.62. The van der Waals surface area contributed by atoms with Gasteiger partial charge in [-0.05, 0) is 23.6 Å². The first kappa shape index (κ1) is 15.8. The Labute approximate surface area is 126 Å². The minimum Gasteiger partial charge on any atom is -0.298 e. The fraction of sp³-hybridized carbons (Fsp3) is 0.438. The topological polar surface area (TPSA) is 68.3 Å². The number of carbonyl (C=O) groups excluding carboxylic acids is 3. The maximum Gasteiger partial charge on any atom is 0.151 e. The number of hydrogen-bond donors (Lipinski definition) is 0. The van der Waals surface area contributed by atoms with Crippen molar-refractivity contribution >= 4 is 28.1 Å². The molecule has 0 radical (unpaired) electrons. The van der Waals surface area contributed by atoms with Gasteiger partial charge in [0.2, 0.25) is 0 Å². The van der Waals surface area contributed by atoms with E-state index in [1.54, 1.807) is 25.3 Å². The Morgan fingerprint density at radius 1 is 1.14 bits per heavy atom. The molecule has 0 N–H and O–H groups in total. The second-order valence-electron chi connectivity index (χ2n) is 5.31. The van der Waals surface area contributed by atoms with Gasteiger partial charge in [0, 0.05) is 41.2 Å². The minimum absolute atomic E-state index is 0.176. The van der Waals surface area contributed by atoms with Crippen LogP contribution in [0.15, 0.2) is 29.2 Å². The van der Waals surface area contributed by atoms with Crippen LogP contribution in [0.25, 0.3) is 0 Å². The highest BCUT2D eigenvalue weighted by atomic mass is 32.2. The second-order valence-corrected chi connectivity index (χ2v) is 6.69. The van der Waals surface area contributed by atoms with E-state index in [0.29, 0.717) is 4.90 Å². The van der Waals surface area contributed by atoms with Crippen molar-refractivity contribution in [3.63, 3.8) is 0 Å². The van der Waals surface area contributed by atoms with E-state index in [4.69, 9.17) is 0 Å². The number of rotatable bonds is 4. The zero-order valence-corrected chi connectivity index (χ0v) is 12.9. The maximum atomic E-state index is 12.1. The summed E-state index contributed by atoms with van der Waals surface area (Å²) in [7, 11) is -1.05. The normalized spacial score (nSPS) is 23.9. The summed E-state index contributed by atoms with van der Waals surface area (Å²) in [5, 5.41) is 0. The molecule has 0 aliphatic heterocycles. The standard InChI is InChI=1S/C16H18O4S/c1-3-13(17)16-14(18)8-11(9-15(16)19)10-4-6-12(7-5-10)21(2)20/h4-7,11,16H,3,8-9H2,1-2H3. The first-order valence-corrected chi connectivity index (χ1v) is 8.51. The molecule has 0 heterocycles. The third-order valence-corrected chi connectivity index (χ3v) is 4.83. The van der Waals surface area contributed by atoms with Gasteiger partial charge in [-0.15, -0.1) is 0 Å². The van der Waals surface area contributed by atoms with Crippen LogP contribution in [0.3, 0.4) is 0 Å². The minimum atomic E-state index is -1.05. The number of hydrogen-bond acceptors (Lipinski definition) is 4. The molecule has 0 saturated heterocycles. The van der Waals surface area contributed by atoms with E-state index in [1.165, 1.54) is 0 Å². The summed E-state index contributed by atoms with van der Waals surface area (Å²) in [6.07, 6.45) is 2.25. The fourth-order valence-electron chi connectivity index (χ4n) is 2.70. The van der Waals surface area contributed by atoms with Gasteiger partial charge in [0.25, 0.3) is 0 Å². The number of Topliss-reactive ketones (excluding diaryl/α,β-unsaturated/α-hetero) is 3. The molecule has 1 aromatic rings. The van der Waals surface area contributed by atoms with Gasteiger partial charge in [0.05, 0.1) is 0 Å². The quantitative estimate of drug-likeness (QED) is 0.798. The summed E-state index contributed by atoms with van der Waals surface area (Å²) < 4.78 is 11.4. The molecule has 1 atom stereocenters. The van der Waals surface area contributed by atoms with E-state index in [-0.39, 0.29) is 42.5 Å². The smallest absolute Gasteiger partial charge is 0.151 e. The van der Waals surface area contributed by atoms with Crippen LogP contribution in [-0.4, -0.2) is 27.8 Å². The highest BCUT2D eigenvalue weighted by Gasteiger charge is 2.39. The molecule has 1 fully saturated rings. The van der Waals surface area contributed by atoms with Gasteiger partial charge in [-0.3, -0.25) is 18.6 Å². The van der Waals surface area contributed by atoms with E-state index < -0.39 is 16.7 Å². The molecule has 1 unspecified atom stereocenters. The zero-order valence-electron chi connectivity index (χ0n) is 12.1. The van der Waals surface area contributed by atoms with Gasteiger partial charge < -0.3 is 0 Å². The largest absolute Gasteiger partial charge is 0.298 e. The van der Waals surface area contributed by atoms with Crippen LogP contribution in [0.4, 0.5) is 0 Å². The summed E-state index contributed by atoms with van der Waals surface area (Å²) in [5.41, 5.74) is 0.883. The fourth-order valence-corrected chi connectivity index (χ4v) is 3.22. The lowest BCUT2D eigenvalue weighted by molar-refractivity contribution is -0.142. The Kier molecular flexibility index (Phi) is 4.83. The number of benzene rings is 1. The molecule has 0 spiro atoms. The molecule has 1 saturated carbocycles. The third-order valence-electron chi connectivity index (χ3n) is 3.89. The van der Waals surface area contributed by atoms with Crippen molar-refractivity contribution in [1.82, 2.24) is 0 Å². The molecule has 4 nitrogen and oxygen atoms in total. The first-order valence-electron chi connectivity index (χ1n) is 6.95. The van der Waals surface area contributed by atoms with Gasteiger partial charge in [0.15, 0.2) is 17.3 Å². The van der Waals surface area contributed by atoms with Crippen LogP contribution in [-0.2, 0) is 25.2 Å². The Bertz CT molecular complexity index is 585.